The third-order valence-corrected chi connectivity index (χ3v) is 5.99. The molecule has 1 nitrogen and oxygen atoms in total. The predicted molar refractivity (Wildman–Crippen MR) is 120 cm³/mol. The third-order valence-electron chi connectivity index (χ3n) is 5.99. The van der Waals surface area contributed by atoms with Gasteiger partial charge >= 0.3 is 0 Å². The van der Waals surface area contributed by atoms with E-state index in [1.54, 1.807) is 0 Å². The van der Waals surface area contributed by atoms with Crippen LogP contribution in [0.25, 0.3) is 43.1 Å². The molecule has 1 heteroatoms. The molecule has 0 aliphatic heterocycles. The Labute approximate surface area is 160 Å². The van der Waals surface area contributed by atoms with E-state index in [2.05, 4.69) is 67.6 Å². The molecule has 0 amide bonds. The lowest BCUT2D eigenvalue weighted by Gasteiger charge is -2.17. The van der Waals surface area contributed by atoms with Crippen LogP contribution in [0.3, 0.4) is 0 Å². The fraction of sp³-hybridized carbons (Fsp3) is 0.231. The van der Waals surface area contributed by atoms with Gasteiger partial charge in [0.05, 0.1) is 0 Å². The first kappa shape index (κ1) is 16.4. The second-order valence-corrected chi connectivity index (χ2v) is 7.79. The molecule has 0 aliphatic rings. The van der Waals surface area contributed by atoms with Crippen LogP contribution in [0, 0.1) is 0 Å². The van der Waals surface area contributed by atoms with Crippen molar-refractivity contribution in [1.82, 2.24) is 0 Å². The minimum atomic E-state index is 0.876. The second-order valence-electron chi connectivity index (χ2n) is 7.79. The summed E-state index contributed by atoms with van der Waals surface area (Å²) in [5.74, 6) is 0. The van der Waals surface area contributed by atoms with Crippen LogP contribution in [0.2, 0.25) is 0 Å². The topological polar surface area (TPSA) is 26.0 Å². The van der Waals surface area contributed by atoms with Crippen molar-refractivity contribution < 1.29 is 0 Å². The maximum Gasteiger partial charge on any atom is 0.0400 e. The van der Waals surface area contributed by atoms with Crippen molar-refractivity contribution in [2.24, 2.45) is 0 Å². The number of rotatable bonds is 5. The molecule has 2 N–H and O–H groups in total. The van der Waals surface area contributed by atoms with Crippen LogP contribution in [0.4, 0.5) is 5.69 Å². The van der Waals surface area contributed by atoms with Gasteiger partial charge in [-0.3, -0.25) is 0 Å². The zero-order valence-electron chi connectivity index (χ0n) is 15.9. The summed E-state index contributed by atoms with van der Waals surface area (Å²) in [4.78, 5) is 0. The number of benzene rings is 5. The van der Waals surface area contributed by atoms with Crippen LogP contribution >= 0.6 is 0 Å². The maximum atomic E-state index is 6.48. The molecule has 0 saturated carbocycles. The van der Waals surface area contributed by atoms with Crippen LogP contribution in [0.15, 0.2) is 60.7 Å². The van der Waals surface area contributed by atoms with E-state index in [1.165, 1.54) is 74.3 Å². The number of nitrogen functional groups attached to an aromatic ring is 1. The Kier molecular flexibility index (Phi) is 3.89. The monoisotopic (exact) mass is 351 g/mol. The third kappa shape index (κ3) is 2.53. The Hall–Kier alpha value is -2.80. The highest BCUT2D eigenvalue weighted by atomic mass is 14.6. The lowest BCUT2D eigenvalue weighted by atomic mass is 9.87. The van der Waals surface area contributed by atoms with Gasteiger partial charge in [-0.15, -0.1) is 0 Å². The molecule has 0 atom stereocenters. The van der Waals surface area contributed by atoms with Crippen LogP contribution in [-0.4, -0.2) is 0 Å². The van der Waals surface area contributed by atoms with E-state index in [4.69, 9.17) is 5.73 Å². The summed E-state index contributed by atoms with van der Waals surface area (Å²) in [5.41, 5.74) is 8.81. The molecule has 0 aromatic heterocycles. The Morgan fingerprint density at radius 1 is 0.667 bits per heavy atom. The van der Waals surface area contributed by atoms with E-state index < -0.39 is 0 Å². The van der Waals surface area contributed by atoms with Crippen molar-refractivity contribution in [2.45, 2.75) is 39.0 Å². The molecule has 5 aromatic rings. The standard InChI is InChI=1S/C26H25N/c1-2-3-4-5-8-17-15-19-13-14-23(27)26-21-12-7-10-18-9-6-11-20(24(18)21)22(16-17)25(19)26/h6-7,9-16H,2-5,8,27H2,1H3. The molecule has 5 rings (SSSR count). The number of anilines is 1. The van der Waals surface area contributed by atoms with Gasteiger partial charge in [0.25, 0.3) is 0 Å². The summed E-state index contributed by atoms with van der Waals surface area (Å²) < 4.78 is 0. The van der Waals surface area contributed by atoms with E-state index in [9.17, 15) is 0 Å². The van der Waals surface area contributed by atoms with Gasteiger partial charge in [0, 0.05) is 11.1 Å². The Balaban J connectivity index is 1.85. The quantitative estimate of drug-likeness (QED) is 0.151. The summed E-state index contributed by atoms with van der Waals surface area (Å²) >= 11 is 0. The fourth-order valence-corrected chi connectivity index (χ4v) is 4.72. The van der Waals surface area contributed by atoms with Crippen LogP contribution < -0.4 is 5.73 Å². The summed E-state index contributed by atoms with van der Waals surface area (Å²) in [6.07, 6.45) is 6.34. The highest BCUT2D eigenvalue weighted by Crippen LogP contribution is 2.42. The molecular formula is C26H25N. The molecule has 5 aromatic carbocycles. The van der Waals surface area contributed by atoms with Gasteiger partial charge in [0.2, 0.25) is 0 Å². The smallest absolute Gasteiger partial charge is 0.0400 e. The average Bonchev–Trinajstić information content (AvgIpc) is 2.70. The fourth-order valence-electron chi connectivity index (χ4n) is 4.72. The Morgan fingerprint density at radius 2 is 1.48 bits per heavy atom. The molecule has 0 saturated heterocycles. The first-order valence-corrected chi connectivity index (χ1v) is 10.2. The number of hydrogen-bond donors (Lipinski definition) is 1. The van der Waals surface area contributed by atoms with Crippen LogP contribution in [-0.2, 0) is 6.42 Å². The van der Waals surface area contributed by atoms with Crippen molar-refractivity contribution in [3.05, 3.63) is 66.2 Å². The minimum Gasteiger partial charge on any atom is -0.398 e. The van der Waals surface area contributed by atoms with Crippen LogP contribution in [0.1, 0.15) is 38.2 Å². The molecule has 27 heavy (non-hydrogen) atoms. The Bertz CT molecular complexity index is 1260. The number of nitrogens with two attached hydrogens (primary N) is 1. The number of aryl methyl sites for hydroxylation is 1. The van der Waals surface area contributed by atoms with Crippen molar-refractivity contribution in [3.8, 4) is 0 Å². The first-order valence-electron chi connectivity index (χ1n) is 10.2. The molecule has 0 radical (unpaired) electrons. The van der Waals surface area contributed by atoms with Crippen molar-refractivity contribution in [2.75, 3.05) is 5.73 Å². The van der Waals surface area contributed by atoms with E-state index in [1.807, 2.05) is 0 Å². The lowest BCUT2D eigenvalue weighted by Crippen LogP contribution is -1.94. The van der Waals surface area contributed by atoms with Gasteiger partial charge in [-0.2, -0.15) is 0 Å². The molecule has 0 aliphatic carbocycles. The number of fused-ring (bicyclic) bond motifs is 2. The Morgan fingerprint density at radius 3 is 2.30 bits per heavy atom. The molecule has 0 unspecified atom stereocenters. The van der Waals surface area contributed by atoms with Gasteiger partial charge in [-0.1, -0.05) is 80.8 Å². The second kappa shape index (κ2) is 6.42. The molecular weight excluding hydrogens is 326 g/mol. The SMILES string of the molecule is CCCCCCc1cc2ccc(N)c3c4cccc5cccc(c(c1)c23)c54. The molecule has 0 bridgehead atoms. The summed E-state index contributed by atoms with van der Waals surface area (Å²) in [6, 6.07) is 22.3. The zero-order chi connectivity index (χ0) is 18.4. The summed E-state index contributed by atoms with van der Waals surface area (Å²) in [5, 5.41) is 10.5. The van der Waals surface area contributed by atoms with Gasteiger partial charge in [0.1, 0.15) is 0 Å². The first-order chi connectivity index (χ1) is 13.3. The maximum absolute atomic E-state index is 6.48. The van der Waals surface area contributed by atoms with E-state index in [0.717, 1.165) is 12.1 Å². The van der Waals surface area contributed by atoms with Gasteiger partial charge in [0.15, 0.2) is 0 Å². The van der Waals surface area contributed by atoms with Gasteiger partial charge in [-0.05, 0) is 62.2 Å². The largest absolute Gasteiger partial charge is 0.398 e. The predicted octanol–water partition coefficient (Wildman–Crippen LogP) is 7.44. The minimum absolute atomic E-state index is 0.876. The van der Waals surface area contributed by atoms with E-state index in [-0.39, 0.29) is 0 Å². The van der Waals surface area contributed by atoms with Crippen molar-refractivity contribution >= 4 is 48.8 Å². The summed E-state index contributed by atoms with van der Waals surface area (Å²) in [7, 11) is 0. The normalized spacial score (nSPS) is 12.0. The molecule has 0 fully saturated rings. The molecule has 134 valence electrons. The number of unbranched alkanes of at least 4 members (excludes halogenated alkanes) is 3. The van der Waals surface area contributed by atoms with Crippen molar-refractivity contribution in [3.63, 3.8) is 0 Å². The highest BCUT2D eigenvalue weighted by Gasteiger charge is 2.15. The average molecular weight is 351 g/mol. The van der Waals surface area contributed by atoms with Crippen LogP contribution in [0.5, 0.6) is 0 Å². The van der Waals surface area contributed by atoms with Crippen molar-refractivity contribution in [1.29, 1.82) is 0 Å². The van der Waals surface area contributed by atoms with Gasteiger partial charge < -0.3 is 5.73 Å². The lowest BCUT2D eigenvalue weighted by molar-refractivity contribution is 0.667. The van der Waals surface area contributed by atoms with Gasteiger partial charge in [-0.25, -0.2) is 0 Å². The van der Waals surface area contributed by atoms with E-state index in [0.29, 0.717) is 0 Å². The number of hydrogen-bond acceptors (Lipinski definition) is 1. The molecule has 0 spiro atoms. The summed E-state index contributed by atoms with van der Waals surface area (Å²) in [6.45, 7) is 2.27. The molecule has 0 heterocycles. The highest BCUT2D eigenvalue weighted by molar-refractivity contribution is 6.35. The zero-order valence-corrected chi connectivity index (χ0v) is 15.9. The van der Waals surface area contributed by atoms with E-state index >= 15 is 0 Å².